The van der Waals surface area contributed by atoms with E-state index in [1.807, 2.05) is 0 Å². The molecule has 1 aliphatic carbocycles. The van der Waals surface area contributed by atoms with Crippen LogP contribution in [0.2, 0.25) is 0 Å². The van der Waals surface area contributed by atoms with Gasteiger partial charge in [-0.05, 0) is 42.9 Å². The van der Waals surface area contributed by atoms with Crippen molar-refractivity contribution >= 4 is 5.69 Å². The van der Waals surface area contributed by atoms with Crippen LogP contribution in [0.3, 0.4) is 0 Å². The lowest BCUT2D eigenvalue weighted by Gasteiger charge is -2.35. The Hall–Kier alpha value is -1.44. The van der Waals surface area contributed by atoms with Gasteiger partial charge in [-0.15, -0.1) is 0 Å². The van der Waals surface area contributed by atoms with Crippen LogP contribution in [0, 0.1) is 0 Å². The molecule has 118 valence electrons. The molecule has 0 aromatic heterocycles. The van der Waals surface area contributed by atoms with Crippen LogP contribution >= 0.6 is 0 Å². The van der Waals surface area contributed by atoms with Gasteiger partial charge in [0.1, 0.15) is 0 Å². The maximum Gasteiger partial charge on any atom is 0.430 e. The Morgan fingerprint density at radius 1 is 0.857 bits per heavy atom. The van der Waals surface area contributed by atoms with Gasteiger partial charge in [-0.1, -0.05) is 6.07 Å². The van der Waals surface area contributed by atoms with Gasteiger partial charge in [0.05, 0.1) is 0 Å². The van der Waals surface area contributed by atoms with Gasteiger partial charge in [0.2, 0.25) is 0 Å². The lowest BCUT2D eigenvalue weighted by molar-refractivity contribution is -0.376. The zero-order valence-corrected chi connectivity index (χ0v) is 10.8. The first kappa shape index (κ1) is 15.9. The second-order valence-electron chi connectivity index (χ2n) is 5.07. The average Bonchev–Trinajstić information content (AvgIpc) is 2.36. The van der Waals surface area contributed by atoms with Gasteiger partial charge < -0.3 is 10.8 Å². The van der Waals surface area contributed by atoms with E-state index in [1.165, 1.54) is 0 Å². The van der Waals surface area contributed by atoms with Crippen molar-refractivity contribution in [3.05, 3.63) is 28.8 Å². The van der Waals surface area contributed by atoms with Gasteiger partial charge >= 0.3 is 12.4 Å². The highest BCUT2D eigenvalue weighted by atomic mass is 19.4. The van der Waals surface area contributed by atoms with E-state index >= 15 is 0 Å². The van der Waals surface area contributed by atoms with Gasteiger partial charge in [-0.25, -0.2) is 0 Å². The van der Waals surface area contributed by atoms with Crippen LogP contribution in [-0.4, -0.2) is 17.5 Å². The number of hydrogen-bond acceptors (Lipinski definition) is 2. The van der Waals surface area contributed by atoms with Crippen LogP contribution in [0.4, 0.5) is 32.0 Å². The predicted octanol–water partition coefficient (Wildman–Crippen LogP) is 3.46. The lowest BCUT2D eigenvalue weighted by atomic mass is 9.80. The summed E-state index contributed by atoms with van der Waals surface area (Å²) in [5.74, 6) is 0. The van der Waals surface area contributed by atoms with Crippen molar-refractivity contribution in [1.82, 2.24) is 0 Å². The van der Waals surface area contributed by atoms with E-state index in [1.54, 1.807) is 0 Å². The van der Waals surface area contributed by atoms with Crippen molar-refractivity contribution in [1.29, 1.82) is 0 Å². The molecule has 0 aliphatic heterocycles. The van der Waals surface area contributed by atoms with Gasteiger partial charge in [-0.2, -0.15) is 26.3 Å². The molecule has 8 heteroatoms. The third-order valence-electron chi connectivity index (χ3n) is 3.78. The van der Waals surface area contributed by atoms with Gasteiger partial charge in [0, 0.05) is 11.3 Å². The highest BCUT2D eigenvalue weighted by Crippen LogP contribution is 2.52. The molecule has 0 spiro atoms. The second-order valence-corrected chi connectivity index (χ2v) is 5.07. The number of hydrogen-bond donors (Lipinski definition) is 2. The Bertz CT molecular complexity index is 535. The summed E-state index contributed by atoms with van der Waals surface area (Å²) < 4.78 is 77.7. The summed E-state index contributed by atoms with van der Waals surface area (Å²) in [6.07, 6.45) is -10.3. The monoisotopic (exact) mass is 313 g/mol. The second kappa shape index (κ2) is 4.79. The standard InChI is InChI=1S/C13H13F6NO/c14-12(15,16)11(21,13(17,18)19)9-5-6-10(20)8-4-2-1-3-7(8)9/h5-6,21H,1-4,20H2. The van der Waals surface area contributed by atoms with E-state index in [0.29, 0.717) is 25.3 Å². The smallest absolute Gasteiger partial charge is 0.398 e. The van der Waals surface area contributed by atoms with E-state index in [9.17, 15) is 31.4 Å². The van der Waals surface area contributed by atoms with Crippen LogP contribution in [0.1, 0.15) is 29.5 Å². The number of benzene rings is 1. The number of anilines is 1. The first-order valence-electron chi connectivity index (χ1n) is 6.26. The summed E-state index contributed by atoms with van der Waals surface area (Å²) >= 11 is 0. The molecule has 0 radical (unpaired) electrons. The molecule has 0 bridgehead atoms. The minimum absolute atomic E-state index is 0.0319. The number of rotatable bonds is 1. The molecule has 0 heterocycles. The molecule has 21 heavy (non-hydrogen) atoms. The molecular formula is C13H13F6NO. The number of halogens is 6. The number of aliphatic hydroxyl groups is 1. The zero-order valence-electron chi connectivity index (χ0n) is 10.8. The normalized spacial score (nSPS) is 16.7. The molecule has 0 fully saturated rings. The van der Waals surface area contributed by atoms with E-state index in [2.05, 4.69) is 0 Å². The maximum atomic E-state index is 13.0. The van der Waals surface area contributed by atoms with Crippen molar-refractivity contribution in [2.24, 2.45) is 0 Å². The summed E-state index contributed by atoms with van der Waals surface area (Å²) in [5, 5.41) is 9.51. The highest BCUT2D eigenvalue weighted by molar-refractivity contribution is 5.56. The molecule has 0 unspecified atom stereocenters. The summed E-state index contributed by atoms with van der Waals surface area (Å²) in [4.78, 5) is 0. The number of alkyl halides is 6. The molecule has 2 rings (SSSR count). The van der Waals surface area contributed by atoms with E-state index in [0.717, 1.165) is 6.07 Å². The zero-order chi connectivity index (χ0) is 16.1. The largest absolute Gasteiger partial charge is 0.430 e. The van der Waals surface area contributed by atoms with E-state index < -0.39 is 23.5 Å². The fourth-order valence-electron chi connectivity index (χ4n) is 2.70. The van der Waals surface area contributed by atoms with Crippen LogP contribution in [0.25, 0.3) is 0 Å². The number of nitrogen functional groups attached to an aromatic ring is 1. The Labute approximate surface area is 116 Å². The Morgan fingerprint density at radius 2 is 1.33 bits per heavy atom. The molecule has 0 saturated carbocycles. The summed E-state index contributed by atoms with van der Waals surface area (Å²) in [5.41, 5.74) is -0.131. The van der Waals surface area contributed by atoms with Crippen LogP contribution in [0.15, 0.2) is 12.1 Å². The molecule has 0 saturated heterocycles. The van der Waals surface area contributed by atoms with Gasteiger partial charge in [-0.3, -0.25) is 0 Å². The quantitative estimate of drug-likeness (QED) is 0.616. The lowest BCUT2D eigenvalue weighted by Crippen LogP contribution is -2.54. The van der Waals surface area contributed by atoms with Crippen LogP contribution in [-0.2, 0) is 18.4 Å². The molecule has 3 N–H and O–H groups in total. The first-order chi connectivity index (χ1) is 9.50. The summed E-state index contributed by atoms with van der Waals surface area (Å²) in [7, 11) is 0. The van der Waals surface area contributed by atoms with Crippen molar-refractivity contribution in [3.63, 3.8) is 0 Å². The fourth-order valence-corrected chi connectivity index (χ4v) is 2.70. The molecule has 1 aromatic carbocycles. The predicted molar refractivity (Wildman–Crippen MR) is 63.5 cm³/mol. The topological polar surface area (TPSA) is 46.2 Å². The number of nitrogens with two attached hydrogens (primary N) is 1. The van der Waals surface area contributed by atoms with Crippen LogP contribution in [0.5, 0.6) is 0 Å². The number of fused-ring (bicyclic) bond motifs is 1. The summed E-state index contributed by atoms with van der Waals surface area (Å²) in [6.45, 7) is 0. The van der Waals surface area contributed by atoms with Gasteiger partial charge in [0.15, 0.2) is 0 Å². The van der Waals surface area contributed by atoms with E-state index in [4.69, 9.17) is 5.73 Å². The fraction of sp³-hybridized carbons (Fsp3) is 0.538. The SMILES string of the molecule is Nc1ccc(C(O)(C(F)(F)F)C(F)(F)F)c2c1CCCC2. The minimum atomic E-state index is -5.87. The van der Waals surface area contributed by atoms with Crippen LogP contribution < -0.4 is 5.73 Å². The minimum Gasteiger partial charge on any atom is -0.398 e. The molecule has 1 aliphatic rings. The van der Waals surface area contributed by atoms with Gasteiger partial charge in [0.25, 0.3) is 5.60 Å². The van der Waals surface area contributed by atoms with E-state index in [-0.39, 0.29) is 23.2 Å². The molecule has 0 atom stereocenters. The van der Waals surface area contributed by atoms with Crippen molar-refractivity contribution in [2.45, 2.75) is 43.6 Å². The Morgan fingerprint density at radius 3 is 1.81 bits per heavy atom. The molecule has 2 nitrogen and oxygen atoms in total. The maximum absolute atomic E-state index is 13.0. The third-order valence-corrected chi connectivity index (χ3v) is 3.78. The highest BCUT2D eigenvalue weighted by Gasteiger charge is 2.72. The summed E-state index contributed by atoms with van der Waals surface area (Å²) in [6, 6.07) is 1.61. The molecule has 1 aromatic rings. The van der Waals surface area contributed by atoms with Crippen molar-refractivity contribution < 1.29 is 31.4 Å². The first-order valence-corrected chi connectivity index (χ1v) is 6.26. The van der Waals surface area contributed by atoms with Crippen molar-refractivity contribution in [3.8, 4) is 0 Å². The average molecular weight is 313 g/mol. The third kappa shape index (κ3) is 2.35. The molecule has 0 amide bonds. The Balaban J connectivity index is 2.74. The Kier molecular flexibility index (Phi) is 3.64. The molecular weight excluding hydrogens is 300 g/mol. The van der Waals surface area contributed by atoms with Crippen molar-refractivity contribution in [2.75, 3.05) is 5.73 Å².